The summed E-state index contributed by atoms with van der Waals surface area (Å²) in [7, 11) is 0. The average Bonchev–Trinajstić information content (AvgIpc) is 3.05. The normalized spacial score (nSPS) is 16.5. The first-order valence-corrected chi connectivity index (χ1v) is 8.86. The van der Waals surface area contributed by atoms with Crippen molar-refractivity contribution in [3.63, 3.8) is 0 Å². The minimum atomic E-state index is -1.05. The summed E-state index contributed by atoms with van der Waals surface area (Å²) in [6.45, 7) is 0. The second-order valence-corrected chi connectivity index (χ2v) is 6.88. The number of halogens is 2. The van der Waals surface area contributed by atoms with E-state index in [9.17, 15) is 14.0 Å². The number of rotatable bonds is 5. The van der Waals surface area contributed by atoms with Gasteiger partial charge in [0.15, 0.2) is 0 Å². The first kappa shape index (κ1) is 18.3. The molecule has 0 saturated heterocycles. The smallest absolute Gasteiger partial charge is 0.303 e. The number of carboxylic acid groups (broad SMARTS) is 1. The van der Waals surface area contributed by atoms with Crippen molar-refractivity contribution in [2.24, 2.45) is 5.10 Å². The summed E-state index contributed by atoms with van der Waals surface area (Å²) >= 11 is 3.41. The highest BCUT2D eigenvalue weighted by Gasteiger charge is 2.33. The lowest BCUT2D eigenvalue weighted by molar-refractivity contribution is -0.141. The van der Waals surface area contributed by atoms with E-state index in [-0.39, 0.29) is 12.8 Å². The monoisotopic (exact) mass is 418 g/mol. The number of amides is 1. The Kier molecular flexibility index (Phi) is 5.46. The van der Waals surface area contributed by atoms with E-state index in [1.54, 1.807) is 12.1 Å². The summed E-state index contributed by atoms with van der Waals surface area (Å²) < 4.78 is 14.5. The van der Waals surface area contributed by atoms with Gasteiger partial charge in [-0.05, 0) is 35.4 Å². The van der Waals surface area contributed by atoms with Gasteiger partial charge in [0.25, 0.3) is 0 Å². The molecule has 0 radical (unpaired) electrons. The van der Waals surface area contributed by atoms with Gasteiger partial charge in [-0.1, -0.05) is 40.2 Å². The maximum absolute atomic E-state index is 13.7. The predicted molar refractivity (Wildman–Crippen MR) is 98.2 cm³/mol. The van der Waals surface area contributed by atoms with Gasteiger partial charge in [0.05, 0.1) is 18.2 Å². The highest BCUT2D eigenvalue weighted by Crippen LogP contribution is 2.34. The zero-order chi connectivity index (χ0) is 18.7. The number of aliphatic carboxylic acids is 1. The SMILES string of the molecule is O=C(O)CCC(=O)N1N=C(c2cccc(Br)c2)C[C@@H]1c1cccc(F)c1. The Hall–Kier alpha value is -2.54. The molecule has 1 atom stereocenters. The molecule has 7 heteroatoms. The molecule has 0 unspecified atom stereocenters. The van der Waals surface area contributed by atoms with Crippen LogP contribution >= 0.6 is 15.9 Å². The van der Waals surface area contributed by atoms with Gasteiger partial charge in [-0.3, -0.25) is 9.59 Å². The van der Waals surface area contributed by atoms with E-state index < -0.39 is 23.7 Å². The van der Waals surface area contributed by atoms with Crippen molar-refractivity contribution in [3.8, 4) is 0 Å². The zero-order valence-electron chi connectivity index (χ0n) is 13.7. The molecule has 0 fully saturated rings. The van der Waals surface area contributed by atoms with Crippen molar-refractivity contribution in [1.29, 1.82) is 0 Å². The minimum Gasteiger partial charge on any atom is -0.481 e. The van der Waals surface area contributed by atoms with Crippen LogP contribution in [0.15, 0.2) is 58.1 Å². The standard InChI is InChI=1S/C19H16BrFN2O3/c20-14-5-1-3-12(9-14)16-11-17(13-4-2-6-15(21)10-13)23(22-16)18(24)7-8-19(25)26/h1-6,9-10,17H,7-8,11H2,(H,25,26)/t17-/m1/s1. The van der Waals surface area contributed by atoms with Crippen LogP contribution in [0.25, 0.3) is 0 Å². The Bertz CT molecular complexity index is 885. The largest absolute Gasteiger partial charge is 0.481 e. The van der Waals surface area contributed by atoms with Crippen LogP contribution in [-0.4, -0.2) is 27.7 Å². The molecule has 1 heterocycles. The fraction of sp³-hybridized carbons (Fsp3) is 0.211. The van der Waals surface area contributed by atoms with Gasteiger partial charge in [0.2, 0.25) is 5.91 Å². The Morgan fingerprint density at radius 3 is 2.65 bits per heavy atom. The molecule has 0 aliphatic carbocycles. The number of hydrazone groups is 1. The number of benzene rings is 2. The molecular weight excluding hydrogens is 403 g/mol. The van der Waals surface area contributed by atoms with Gasteiger partial charge in [-0.2, -0.15) is 5.10 Å². The predicted octanol–water partition coefficient (Wildman–Crippen LogP) is 4.13. The van der Waals surface area contributed by atoms with Gasteiger partial charge < -0.3 is 5.11 Å². The molecule has 26 heavy (non-hydrogen) atoms. The molecular formula is C19H16BrFN2O3. The van der Waals surface area contributed by atoms with E-state index in [0.29, 0.717) is 17.7 Å². The van der Waals surface area contributed by atoms with E-state index >= 15 is 0 Å². The number of carbonyl (C=O) groups excluding carboxylic acids is 1. The van der Waals surface area contributed by atoms with Crippen LogP contribution in [-0.2, 0) is 9.59 Å². The molecule has 1 N–H and O–H groups in total. The second kappa shape index (κ2) is 7.78. The fourth-order valence-electron chi connectivity index (χ4n) is 2.88. The summed E-state index contributed by atoms with van der Waals surface area (Å²) in [4.78, 5) is 23.3. The summed E-state index contributed by atoms with van der Waals surface area (Å²) in [5.74, 6) is -1.83. The Balaban J connectivity index is 1.93. The Morgan fingerprint density at radius 2 is 1.96 bits per heavy atom. The third kappa shape index (κ3) is 4.16. The summed E-state index contributed by atoms with van der Waals surface area (Å²) in [5, 5.41) is 14.5. The topological polar surface area (TPSA) is 70.0 Å². The van der Waals surface area contributed by atoms with Gasteiger partial charge in [0.1, 0.15) is 5.82 Å². The molecule has 0 bridgehead atoms. The van der Waals surface area contributed by atoms with Crippen molar-refractivity contribution >= 4 is 33.5 Å². The maximum atomic E-state index is 13.7. The lowest BCUT2D eigenvalue weighted by atomic mass is 9.98. The zero-order valence-corrected chi connectivity index (χ0v) is 15.3. The molecule has 0 aromatic heterocycles. The van der Waals surface area contributed by atoms with E-state index in [4.69, 9.17) is 5.11 Å². The molecule has 1 aliphatic heterocycles. The molecule has 1 aliphatic rings. The summed E-state index contributed by atoms with van der Waals surface area (Å²) in [5.41, 5.74) is 2.18. The molecule has 3 rings (SSSR count). The van der Waals surface area contributed by atoms with E-state index in [1.165, 1.54) is 17.1 Å². The third-order valence-corrected chi connectivity index (χ3v) is 4.60. The van der Waals surface area contributed by atoms with Crippen molar-refractivity contribution in [2.75, 3.05) is 0 Å². The number of nitrogens with zero attached hydrogens (tertiary/aromatic N) is 2. The molecule has 0 spiro atoms. The van der Waals surface area contributed by atoms with E-state index in [2.05, 4.69) is 21.0 Å². The van der Waals surface area contributed by atoms with Crippen LogP contribution in [0.3, 0.4) is 0 Å². The first-order chi connectivity index (χ1) is 12.4. The van der Waals surface area contributed by atoms with Gasteiger partial charge in [-0.25, -0.2) is 9.40 Å². The van der Waals surface area contributed by atoms with Crippen LogP contribution < -0.4 is 0 Å². The maximum Gasteiger partial charge on any atom is 0.303 e. The average molecular weight is 419 g/mol. The molecule has 2 aromatic rings. The quantitative estimate of drug-likeness (QED) is 0.793. The van der Waals surface area contributed by atoms with E-state index in [0.717, 1.165) is 10.0 Å². The molecule has 1 amide bonds. The Morgan fingerprint density at radius 1 is 1.19 bits per heavy atom. The molecule has 2 aromatic carbocycles. The van der Waals surface area contributed by atoms with Gasteiger partial charge in [-0.15, -0.1) is 0 Å². The van der Waals surface area contributed by atoms with Crippen LogP contribution in [0.5, 0.6) is 0 Å². The lowest BCUT2D eigenvalue weighted by Crippen LogP contribution is -2.27. The minimum absolute atomic E-state index is 0.156. The highest BCUT2D eigenvalue weighted by atomic mass is 79.9. The number of carboxylic acids is 1. The van der Waals surface area contributed by atoms with E-state index in [1.807, 2.05) is 24.3 Å². The second-order valence-electron chi connectivity index (χ2n) is 5.96. The van der Waals surface area contributed by atoms with Gasteiger partial charge >= 0.3 is 5.97 Å². The summed E-state index contributed by atoms with van der Waals surface area (Å²) in [6.07, 6.45) is 0.00206. The van der Waals surface area contributed by atoms with Crippen LogP contribution in [0.4, 0.5) is 4.39 Å². The number of carbonyl (C=O) groups is 2. The van der Waals surface area contributed by atoms with Crippen LogP contribution in [0, 0.1) is 5.82 Å². The fourth-order valence-corrected chi connectivity index (χ4v) is 3.28. The number of hydrogen-bond acceptors (Lipinski definition) is 3. The highest BCUT2D eigenvalue weighted by molar-refractivity contribution is 9.10. The van der Waals surface area contributed by atoms with Crippen molar-refractivity contribution in [3.05, 3.63) is 69.9 Å². The van der Waals surface area contributed by atoms with Crippen LogP contribution in [0.1, 0.15) is 36.4 Å². The lowest BCUT2D eigenvalue weighted by Gasteiger charge is -2.21. The van der Waals surface area contributed by atoms with Crippen molar-refractivity contribution in [1.82, 2.24) is 5.01 Å². The molecule has 0 saturated carbocycles. The van der Waals surface area contributed by atoms with Gasteiger partial charge in [0, 0.05) is 17.3 Å². The Labute approximate surface area is 158 Å². The summed E-state index contributed by atoms with van der Waals surface area (Å²) in [6, 6.07) is 13.1. The number of hydrogen-bond donors (Lipinski definition) is 1. The molecule has 134 valence electrons. The van der Waals surface area contributed by atoms with Crippen molar-refractivity contribution in [2.45, 2.75) is 25.3 Å². The molecule has 5 nitrogen and oxygen atoms in total. The van der Waals surface area contributed by atoms with Crippen molar-refractivity contribution < 1.29 is 19.1 Å². The first-order valence-electron chi connectivity index (χ1n) is 8.07. The third-order valence-electron chi connectivity index (χ3n) is 4.11. The van der Waals surface area contributed by atoms with Crippen LogP contribution in [0.2, 0.25) is 0 Å².